The molecule has 128 valence electrons. The fraction of sp³-hybridized carbons (Fsp3) is 0.200. The van der Waals surface area contributed by atoms with E-state index < -0.39 is 32.7 Å². The molecular formula is C15H15FN2O4S2. The number of hydrogen-bond donors (Lipinski definition) is 2. The molecule has 1 aromatic carbocycles. The summed E-state index contributed by atoms with van der Waals surface area (Å²) in [5.74, 6) is -2.31. The molecule has 2 rings (SSSR count). The molecule has 0 aliphatic heterocycles. The van der Waals surface area contributed by atoms with Crippen LogP contribution in [0.2, 0.25) is 0 Å². The largest absolute Gasteiger partial charge is 0.351 e. The minimum absolute atomic E-state index is 0.131. The van der Waals surface area contributed by atoms with E-state index >= 15 is 0 Å². The highest BCUT2D eigenvalue weighted by Crippen LogP contribution is 2.31. The molecule has 0 fully saturated rings. The fourth-order valence-electron chi connectivity index (χ4n) is 2.03. The van der Waals surface area contributed by atoms with Gasteiger partial charge in [0.25, 0.3) is 0 Å². The Morgan fingerprint density at radius 2 is 1.83 bits per heavy atom. The lowest BCUT2D eigenvalue weighted by Gasteiger charge is -2.18. The van der Waals surface area contributed by atoms with Gasteiger partial charge >= 0.3 is 11.8 Å². The molecule has 2 aromatic rings. The van der Waals surface area contributed by atoms with Gasteiger partial charge in [0.2, 0.25) is 0 Å². The first-order valence-corrected chi connectivity index (χ1v) is 9.31. The number of thiophene rings is 1. The van der Waals surface area contributed by atoms with Crippen molar-refractivity contribution >= 4 is 33.0 Å². The monoisotopic (exact) mass is 370 g/mol. The zero-order valence-electron chi connectivity index (χ0n) is 12.7. The number of amides is 2. The topological polar surface area (TPSA) is 92.3 Å². The van der Waals surface area contributed by atoms with Crippen LogP contribution in [0.25, 0.3) is 0 Å². The van der Waals surface area contributed by atoms with Crippen molar-refractivity contribution in [3.63, 3.8) is 0 Å². The van der Waals surface area contributed by atoms with Crippen LogP contribution in [0.4, 0.5) is 4.39 Å². The molecule has 0 unspecified atom stereocenters. The molecule has 1 aromatic heterocycles. The SMILES string of the molecule is CNC(=O)C(=O)NC[C@H](c1ccc(F)cc1)S(=O)(=O)c1cccs1. The van der Waals surface area contributed by atoms with Crippen molar-refractivity contribution in [2.75, 3.05) is 13.6 Å². The van der Waals surface area contributed by atoms with Gasteiger partial charge in [0.05, 0.1) is 0 Å². The molecule has 24 heavy (non-hydrogen) atoms. The van der Waals surface area contributed by atoms with Gasteiger partial charge in [-0.25, -0.2) is 12.8 Å². The zero-order chi connectivity index (χ0) is 17.7. The summed E-state index contributed by atoms with van der Waals surface area (Å²) in [4.78, 5) is 22.9. The van der Waals surface area contributed by atoms with Crippen molar-refractivity contribution in [3.05, 3.63) is 53.2 Å². The third-order valence-electron chi connectivity index (χ3n) is 3.27. The van der Waals surface area contributed by atoms with E-state index in [0.717, 1.165) is 23.5 Å². The van der Waals surface area contributed by atoms with Crippen molar-refractivity contribution in [3.8, 4) is 0 Å². The Morgan fingerprint density at radius 3 is 2.38 bits per heavy atom. The van der Waals surface area contributed by atoms with Crippen LogP contribution in [0, 0.1) is 5.82 Å². The highest BCUT2D eigenvalue weighted by Gasteiger charge is 2.31. The van der Waals surface area contributed by atoms with E-state index in [0.29, 0.717) is 5.56 Å². The predicted octanol–water partition coefficient (Wildman–Crippen LogP) is 1.26. The number of rotatable bonds is 5. The van der Waals surface area contributed by atoms with Gasteiger partial charge in [-0.2, -0.15) is 0 Å². The van der Waals surface area contributed by atoms with E-state index in [2.05, 4.69) is 10.6 Å². The van der Waals surface area contributed by atoms with Gasteiger partial charge in [0.1, 0.15) is 15.3 Å². The van der Waals surface area contributed by atoms with Gasteiger partial charge in [-0.15, -0.1) is 11.3 Å². The Labute approximate surface area is 142 Å². The van der Waals surface area contributed by atoms with Crippen LogP contribution in [-0.4, -0.2) is 33.8 Å². The maximum Gasteiger partial charge on any atom is 0.309 e. The highest BCUT2D eigenvalue weighted by atomic mass is 32.2. The van der Waals surface area contributed by atoms with Crippen LogP contribution >= 0.6 is 11.3 Å². The van der Waals surface area contributed by atoms with Crippen molar-refractivity contribution in [2.24, 2.45) is 0 Å². The lowest BCUT2D eigenvalue weighted by atomic mass is 10.1. The molecule has 1 atom stereocenters. The first-order valence-electron chi connectivity index (χ1n) is 6.89. The number of halogens is 1. The summed E-state index contributed by atoms with van der Waals surface area (Å²) in [6.45, 7) is -0.307. The standard InChI is InChI=1S/C15H15FN2O4S2/c1-17-14(19)15(20)18-9-12(10-4-6-11(16)7-5-10)24(21,22)13-3-2-8-23-13/h2-8,12H,9H2,1H3,(H,17,19)(H,18,20)/t12-/m1/s1. The third-order valence-corrected chi connectivity index (χ3v) is 6.81. The minimum Gasteiger partial charge on any atom is -0.351 e. The van der Waals surface area contributed by atoms with Gasteiger partial charge in [0.15, 0.2) is 9.84 Å². The Balaban J connectivity index is 2.33. The predicted molar refractivity (Wildman–Crippen MR) is 87.7 cm³/mol. The Morgan fingerprint density at radius 1 is 1.17 bits per heavy atom. The highest BCUT2D eigenvalue weighted by molar-refractivity contribution is 7.93. The van der Waals surface area contributed by atoms with Crippen LogP contribution in [0.5, 0.6) is 0 Å². The number of likely N-dealkylation sites (N-methyl/N-ethyl adjacent to an activating group) is 1. The van der Waals surface area contributed by atoms with Gasteiger partial charge in [-0.1, -0.05) is 18.2 Å². The van der Waals surface area contributed by atoms with Crippen molar-refractivity contribution in [2.45, 2.75) is 9.46 Å². The molecule has 2 amide bonds. The normalized spacial score (nSPS) is 12.4. The van der Waals surface area contributed by atoms with Crippen LogP contribution in [0.15, 0.2) is 46.0 Å². The van der Waals surface area contributed by atoms with E-state index in [9.17, 15) is 22.4 Å². The molecular weight excluding hydrogens is 355 g/mol. The second-order valence-electron chi connectivity index (χ2n) is 4.81. The summed E-state index contributed by atoms with van der Waals surface area (Å²) in [5, 5.41) is 4.94. The second kappa shape index (κ2) is 7.54. The van der Waals surface area contributed by atoms with E-state index in [4.69, 9.17) is 0 Å². The first-order chi connectivity index (χ1) is 11.4. The molecule has 0 bridgehead atoms. The lowest BCUT2D eigenvalue weighted by molar-refractivity contribution is -0.138. The summed E-state index contributed by atoms with van der Waals surface area (Å²) in [6, 6.07) is 8.04. The molecule has 2 N–H and O–H groups in total. The van der Waals surface area contributed by atoms with Gasteiger partial charge in [0, 0.05) is 13.6 Å². The van der Waals surface area contributed by atoms with E-state index in [-0.39, 0.29) is 10.8 Å². The molecule has 1 heterocycles. The summed E-state index contributed by atoms with van der Waals surface area (Å²) in [6.07, 6.45) is 0. The van der Waals surface area contributed by atoms with Gasteiger partial charge < -0.3 is 10.6 Å². The van der Waals surface area contributed by atoms with Crippen molar-refractivity contribution in [1.82, 2.24) is 10.6 Å². The Kier molecular flexibility index (Phi) is 5.68. The van der Waals surface area contributed by atoms with Crippen LogP contribution in [0.3, 0.4) is 0 Å². The number of sulfone groups is 1. The van der Waals surface area contributed by atoms with Crippen LogP contribution in [0.1, 0.15) is 10.8 Å². The zero-order valence-corrected chi connectivity index (χ0v) is 14.3. The summed E-state index contributed by atoms with van der Waals surface area (Å²) >= 11 is 1.05. The quantitative estimate of drug-likeness (QED) is 0.775. The third kappa shape index (κ3) is 3.98. The van der Waals surface area contributed by atoms with Gasteiger partial charge in [-0.3, -0.25) is 9.59 Å². The van der Waals surface area contributed by atoms with Crippen molar-refractivity contribution < 1.29 is 22.4 Å². The van der Waals surface area contributed by atoms with E-state index in [1.807, 2.05) is 0 Å². The fourth-order valence-corrected chi connectivity index (χ4v) is 4.90. The van der Waals surface area contributed by atoms with Gasteiger partial charge in [-0.05, 0) is 29.1 Å². The average molecular weight is 370 g/mol. The maximum absolute atomic E-state index is 13.1. The number of nitrogens with one attached hydrogen (secondary N) is 2. The van der Waals surface area contributed by atoms with Crippen molar-refractivity contribution in [1.29, 1.82) is 0 Å². The first kappa shape index (κ1) is 18.1. The summed E-state index contributed by atoms with van der Waals surface area (Å²) in [7, 11) is -2.51. The Hall–Kier alpha value is -2.26. The maximum atomic E-state index is 13.1. The number of carbonyl (C=O) groups is 2. The average Bonchev–Trinajstić information content (AvgIpc) is 3.10. The molecule has 9 heteroatoms. The molecule has 0 radical (unpaired) electrons. The number of hydrogen-bond acceptors (Lipinski definition) is 5. The number of carbonyl (C=O) groups excluding carboxylic acids is 2. The lowest BCUT2D eigenvalue weighted by Crippen LogP contribution is -2.40. The molecule has 0 aliphatic carbocycles. The molecule has 0 saturated carbocycles. The Bertz CT molecular complexity index is 818. The van der Waals surface area contributed by atoms with Crippen LogP contribution in [-0.2, 0) is 19.4 Å². The van der Waals surface area contributed by atoms with E-state index in [1.54, 1.807) is 11.4 Å². The smallest absolute Gasteiger partial charge is 0.309 e. The molecule has 6 nitrogen and oxygen atoms in total. The summed E-state index contributed by atoms with van der Waals surface area (Å²) < 4.78 is 38.8. The van der Waals surface area contributed by atoms with E-state index in [1.165, 1.54) is 25.2 Å². The summed E-state index contributed by atoms with van der Waals surface area (Å²) in [5.41, 5.74) is 0.321. The molecule has 0 spiro atoms. The molecule has 0 aliphatic rings. The van der Waals surface area contributed by atoms with Crippen LogP contribution < -0.4 is 10.6 Å². The minimum atomic E-state index is -3.80. The second-order valence-corrected chi connectivity index (χ2v) is 8.11. The number of benzene rings is 1. The molecule has 0 saturated heterocycles.